The first-order valence-corrected chi connectivity index (χ1v) is 9.95. The molecule has 0 aromatic heterocycles. The molecule has 0 fully saturated rings. The average Bonchev–Trinajstić information content (AvgIpc) is 2.64. The molecule has 9 nitrogen and oxygen atoms in total. The van der Waals surface area contributed by atoms with Gasteiger partial charge in [0.2, 0.25) is 11.3 Å². The lowest BCUT2D eigenvalue weighted by Crippen LogP contribution is -2.69. The van der Waals surface area contributed by atoms with Crippen LogP contribution in [-0.4, -0.2) is 52.8 Å². The number of esters is 1. The molecule has 0 radical (unpaired) electrons. The standard InChI is InChI=1S/C22H30N2O7/c1-20(2,3)30-18(27)23-24(19(28)31-21(4,5)6)22(17(26)29-7)13-12-14-10-8-9-11-15(14)16(22)25/h8-11H,12-13H2,1-7H3,(H,23,27). The van der Waals surface area contributed by atoms with Gasteiger partial charge in [-0.05, 0) is 59.9 Å². The minimum Gasteiger partial charge on any atom is -0.467 e. The molecule has 1 aromatic rings. The number of Topliss-reactive ketones (excluding diaryl/α,β-unsaturated/α-hetero) is 1. The second-order valence-corrected chi connectivity index (χ2v) is 9.27. The van der Waals surface area contributed by atoms with Crippen molar-refractivity contribution in [3.63, 3.8) is 0 Å². The van der Waals surface area contributed by atoms with Crippen molar-refractivity contribution in [1.82, 2.24) is 10.4 Å². The molecule has 1 aliphatic carbocycles. The second kappa shape index (κ2) is 8.56. The Hall–Kier alpha value is -3.10. The Bertz CT molecular complexity index is 883. The van der Waals surface area contributed by atoms with Crippen LogP contribution in [-0.2, 0) is 25.4 Å². The number of ketones is 1. The molecule has 0 spiro atoms. The van der Waals surface area contributed by atoms with Crippen LogP contribution in [0.4, 0.5) is 9.59 Å². The van der Waals surface area contributed by atoms with Gasteiger partial charge in [-0.3, -0.25) is 4.79 Å². The summed E-state index contributed by atoms with van der Waals surface area (Å²) < 4.78 is 15.6. The summed E-state index contributed by atoms with van der Waals surface area (Å²) in [6, 6.07) is 6.77. The number of amides is 2. The summed E-state index contributed by atoms with van der Waals surface area (Å²) in [4.78, 5) is 52.2. The Balaban J connectivity index is 2.59. The van der Waals surface area contributed by atoms with Crippen molar-refractivity contribution in [2.24, 2.45) is 0 Å². The van der Waals surface area contributed by atoms with E-state index in [1.165, 1.54) is 0 Å². The van der Waals surface area contributed by atoms with Crippen LogP contribution in [0.5, 0.6) is 0 Å². The molecule has 1 aliphatic rings. The largest absolute Gasteiger partial charge is 0.467 e. The van der Waals surface area contributed by atoms with Crippen molar-refractivity contribution in [3.8, 4) is 0 Å². The smallest absolute Gasteiger partial charge is 0.430 e. The normalized spacial score (nSPS) is 18.5. The molecule has 0 bridgehead atoms. The lowest BCUT2D eigenvalue weighted by molar-refractivity contribution is -0.154. The zero-order valence-corrected chi connectivity index (χ0v) is 19.0. The van der Waals surface area contributed by atoms with Crippen LogP contribution >= 0.6 is 0 Å². The van der Waals surface area contributed by atoms with Gasteiger partial charge in [-0.2, -0.15) is 5.01 Å². The van der Waals surface area contributed by atoms with Crippen LogP contribution in [0.25, 0.3) is 0 Å². The highest BCUT2D eigenvalue weighted by Gasteiger charge is 2.58. The molecule has 0 saturated carbocycles. The molecule has 9 heteroatoms. The molecule has 0 saturated heterocycles. The number of hydrogen-bond donors (Lipinski definition) is 1. The molecular weight excluding hydrogens is 404 g/mol. The van der Waals surface area contributed by atoms with E-state index in [9.17, 15) is 19.2 Å². The maximum absolute atomic E-state index is 13.6. The number of benzene rings is 1. The molecule has 170 valence electrons. The van der Waals surface area contributed by atoms with Gasteiger partial charge in [0.1, 0.15) is 11.2 Å². The van der Waals surface area contributed by atoms with E-state index in [4.69, 9.17) is 14.2 Å². The summed E-state index contributed by atoms with van der Waals surface area (Å²) in [6.07, 6.45) is -1.92. The van der Waals surface area contributed by atoms with Crippen LogP contribution in [0.1, 0.15) is 63.9 Å². The van der Waals surface area contributed by atoms with E-state index in [0.29, 0.717) is 11.4 Å². The quantitative estimate of drug-likeness (QED) is 0.329. The van der Waals surface area contributed by atoms with Crippen LogP contribution in [0.15, 0.2) is 24.3 Å². The van der Waals surface area contributed by atoms with E-state index in [-0.39, 0.29) is 12.0 Å². The molecule has 1 atom stereocenters. The van der Waals surface area contributed by atoms with Gasteiger partial charge in [0.25, 0.3) is 0 Å². The first-order valence-electron chi connectivity index (χ1n) is 9.95. The van der Waals surface area contributed by atoms with Gasteiger partial charge >= 0.3 is 18.2 Å². The number of hydrazine groups is 1. The fourth-order valence-electron chi connectivity index (χ4n) is 3.28. The van der Waals surface area contributed by atoms with E-state index in [1.54, 1.807) is 65.8 Å². The van der Waals surface area contributed by atoms with Crippen LogP contribution < -0.4 is 5.43 Å². The van der Waals surface area contributed by atoms with Crippen LogP contribution in [0, 0.1) is 0 Å². The topological polar surface area (TPSA) is 111 Å². The highest BCUT2D eigenvalue weighted by Crippen LogP contribution is 2.35. The number of aryl methyl sites for hydroxylation is 1. The number of hydrogen-bond acceptors (Lipinski definition) is 7. The summed E-state index contributed by atoms with van der Waals surface area (Å²) >= 11 is 0. The van der Waals surface area contributed by atoms with Crippen molar-refractivity contribution in [2.45, 2.75) is 71.1 Å². The van der Waals surface area contributed by atoms with E-state index in [2.05, 4.69) is 5.43 Å². The van der Waals surface area contributed by atoms with Gasteiger partial charge in [-0.1, -0.05) is 24.3 Å². The van der Waals surface area contributed by atoms with Gasteiger partial charge in [-0.25, -0.2) is 19.8 Å². The molecular formula is C22H30N2O7. The first kappa shape index (κ1) is 24.2. The summed E-state index contributed by atoms with van der Waals surface area (Å²) in [7, 11) is 1.11. The number of ether oxygens (including phenoxy) is 3. The summed E-state index contributed by atoms with van der Waals surface area (Å²) in [5.74, 6) is -1.67. The van der Waals surface area contributed by atoms with Crippen LogP contribution in [0.3, 0.4) is 0 Å². The number of fused-ring (bicyclic) bond motifs is 1. The average molecular weight is 434 g/mol. The Labute approximate surface area is 182 Å². The number of methoxy groups -OCH3 is 1. The van der Waals surface area contributed by atoms with E-state index in [0.717, 1.165) is 12.7 Å². The van der Waals surface area contributed by atoms with Gasteiger partial charge in [0, 0.05) is 5.56 Å². The predicted octanol–water partition coefficient (Wildman–Crippen LogP) is 3.40. The minimum atomic E-state index is -2.15. The zero-order chi connectivity index (χ0) is 23.6. The third-order valence-corrected chi connectivity index (χ3v) is 4.48. The number of carbonyl (C=O) groups excluding carboxylic acids is 4. The fourth-order valence-corrected chi connectivity index (χ4v) is 3.28. The molecule has 2 rings (SSSR count). The summed E-state index contributed by atoms with van der Waals surface area (Å²) in [5.41, 5.74) is -0.743. The first-order chi connectivity index (χ1) is 14.2. The number of carbonyl (C=O) groups is 4. The zero-order valence-electron chi connectivity index (χ0n) is 19.0. The Morgan fingerprint density at radius 3 is 2.13 bits per heavy atom. The Kier molecular flexibility index (Phi) is 6.68. The molecule has 1 N–H and O–H groups in total. The van der Waals surface area contributed by atoms with E-state index >= 15 is 0 Å². The molecule has 0 heterocycles. The SMILES string of the molecule is COC(=O)C1(N(NC(=O)OC(C)(C)C)C(=O)OC(C)(C)C)CCc2ccccc2C1=O. The van der Waals surface area contributed by atoms with Gasteiger partial charge in [-0.15, -0.1) is 0 Å². The summed E-state index contributed by atoms with van der Waals surface area (Å²) in [5, 5.41) is 0.608. The van der Waals surface area contributed by atoms with Crippen molar-refractivity contribution < 1.29 is 33.4 Å². The van der Waals surface area contributed by atoms with Crippen molar-refractivity contribution >= 4 is 23.9 Å². The highest BCUT2D eigenvalue weighted by molar-refractivity contribution is 6.19. The third kappa shape index (κ3) is 5.34. The number of nitrogens with one attached hydrogen (secondary N) is 1. The molecule has 0 aliphatic heterocycles. The van der Waals surface area contributed by atoms with Gasteiger partial charge in [0.05, 0.1) is 7.11 Å². The Morgan fingerprint density at radius 2 is 1.58 bits per heavy atom. The Morgan fingerprint density at radius 1 is 1.00 bits per heavy atom. The van der Waals surface area contributed by atoms with Crippen LogP contribution in [0.2, 0.25) is 0 Å². The second-order valence-electron chi connectivity index (χ2n) is 9.27. The maximum atomic E-state index is 13.6. The molecule has 31 heavy (non-hydrogen) atoms. The maximum Gasteiger partial charge on any atom is 0.430 e. The monoisotopic (exact) mass is 434 g/mol. The van der Waals surface area contributed by atoms with Crippen molar-refractivity contribution in [2.75, 3.05) is 7.11 Å². The van der Waals surface area contributed by atoms with Crippen molar-refractivity contribution in [3.05, 3.63) is 35.4 Å². The van der Waals surface area contributed by atoms with Gasteiger partial charge < -0.3 is 14.2 Å². The number of rotatable bonds is 2. The minimum absolute atomic E-state index is 0.107. The van der Waals surface area contributed by atoms with E-state index in [1.807, 2.05) is 0 Å². The van der Waals surface area contributed by atoms with Crippen molar-refractivity contribution in [1.29, 1.82) is 0 Å². The lowest BCUT2D eigenvalue weighted by atomic mass is 9.76. The molecule has 1 aromatic carbocycles. The van der Waals surface area contributed by atoms with Gasteiger partial charge in [0.15, 0.2) is 0 Å². The lowest BCUT2D eigenvalue weighted by Gasteiger charge is -2.42. The fraction of sp³-hybridized carbons (Fsp3) is 0.545. The number of nitrogens with zero attached hydrogens (tertiary/aromatic N) is 1. The van der Waals surface area contributed by atoms with E-state index < -0.39 is 40.7 Å². The predicted molar refractivity (Wildman–Crippen MR) is 111 cm³/mol. The third-order valence-electron chi connectivity index (χ3n) is 4.48. The highest BCUT2D eigenvalue weighted by atomic mass is 16.6. The molecule has 1 unspecified atom stereocenters. The molecule has 2 amide bonds. The summed E-state index contributed by atoms with van der Waals surface area (Å²) in [6.45, 7) is 9.80.